The number of hydrogen-bond donors (Lipinski definition) is 2. The van der Waals surface area contributed by atoms with E-state index >= 15 is 0 Å². The van der Waals surface area contributed by atoms with Gasteiger partial charge in [0.25, 0.3) is 5.91 Å². The van der Waals surface area contributed by atoms with Crippen molar-refractivity contribution in [1.29, 1.82) is 0 Å². The van der Waals surface area contributed by atoms with Gasteiger partial charge in [0.15, 0.2) is 6.61 Å². The molecule has 1 saturated heterocycles. The number of rotatable bonds is 5. The molecule has 1 aromatic rings. The molecule has 6 heteroatoms. The monoisotopic (exact) mass is 343 g/mol. The molecule has 0 aromatic heterocycles. The lowest BCUT2D eigenvalue weighted by Gasteiger charge is -2.20. The Labute approximate surface area is 126 Å². The number of carbonyl (C=O) groups is 1. The van der Waals surface area contributed by atoms with Crippen molar-refractivity contribution in [3.63, 3.8) is 0 Å². The van der Waals surface area contributed by atoms with E-state index in [9.17, 15) is 9.90 Å². The molecule has 20 heavy (non-hydrogen) atoms. The van der Waals surface area contributed by atoms with Crippen molar-refractivity contribution in [2.24, 2.45) is 0 Å². The summed E-state index contributed by atoms with van der Waals surface area (Å²) in [6.07, 6.45) is 0.539. The van der Waals surface area contributed by atoms with E-state index in [-0.39, 0.29) is 25.7 Å². The van der Waals surface area contributed by atoms with Gasteiger partial charge in [0.05, 0.1) is 11.1 Å². The van der Waals surface area contributed by atoms with E-state index in [1.807, 2.05) is 25.1 Å². The Balaban J connectivity index is 1.77. The van der Waals surface area contributed by atoms with E-state index in [0.717, 1.165) is 10.0 Å². The lowest BCUT2D eigenvalue weighted by atomic mass is 10.0. The molecule has 1 aromatic carbocycles. The van der Waals surface area contributed by atoms with E-state index < -0.39 is 5.60 Å². The van der Waals surface area contributed by atoms with Crippen LogP contribution in [0, 0.1) is 6.92 Å². The minimum Gasteiger partial charge on any atom is -0.483 e. The van der Waals surface area contributed by atoms with Gasteiger partial charge >= 0.3 is 0 Å². The van der Waals surface area contributed by atoms with Crippen LogP contribution in [0.2, 0.25) is 0 Å². The molecule has 2 rings (SSSR count). The summed E-state index contributed by atoms with van der Waals surface area (Å²) in [6.45, 7) is 2.87. The van der Waals surface area contributed by atoms with Crippen molar-refractivity contribution in [2.75, 3.05) is 26.4 Å². The van der Waals surface area contributed by atoms with Crippen LogP contribution in [0.1, 0.15) is 12.0 Å². The van der Waals surface area contributed by atoms with Gasteiger partial charge in [-0.1, -0.05) is 6.07 Å². The molecule has 2 N–H and O–H groups in total. The Hall–Kier alpha value is -1.11. The Kier molecular flexibility index (Phi) is 5.01. The smallest absolute Gasteiger partial charge is 0.258 e. The lowest BCUT2D eigenvalue weighted by molar-refractivity contribution is -0.124. The molecule has 0 bridgehead atoms. The topological polar surface area (TPSA) is 67.8 Å². The number of aryl methyl sites for hydroxylation is 1. The van der Waals surface area contributed by atoms with Crippen LogP contribution in [0.15, 0.2) is 22.7 Å². The first kappa shape index (κ1) is 15.3. The molecule has 0 saturated carbocycles. The van der Waals surface area contributed by atoms with Crippen molar-refractivity contribution < 1.29 is 19.4 Å². The van der Waals surface area contributed by atoms with Crippen LogP contribution in [0.3, 0.4) is 0 Å². The van der Waals surface area contributed by atoms with E-state index in [2.05, 4.69) is 21.2 Å². The molecule has 1 aliphatic rings. The highest BCUT2D eigenvalue weighted by atomic mass is 79.9. The Morgan fingerprint density at radius 2 is 2.40 bits per heavy atom. The fourth-order valence-corrected chi connectivity index (χ4v) is 2.52. The second-order valence-corrected chi connectivity index (χ2v) is 5.88. The first-order valence-corrected chi connectivity index (χ1v) is 7.24. The largest absolute Gasteiger partial charge is 0.483 e. The van der Waals surface area contributed by atoms with Gasteiger partial charge in [-0.15, -0.1) is 0 Å². The highest BCUT2D eigenvalue weighted by Gasteiger charge is 2.32. The average Bonchev–Trinajstić information content (AvgIpc) is 2.83. The molecule has 110 valence electrons. The zero-order valence-corrected chi connectivity index (χ0v) is 12.9. The highest BCUT2D eigenvalue weighted by Crippen LogP contribution is 2.25. The van der Waals surface area contributed by atoms with E-state index in [1.165, 1.54) is 0 Å². The molecule has 5 nitrogen and oxygen atoms in total. The number of carbonyl (C=O) groups excluding carboxylic acids is 1. The molecule has 1 amide bonds. The normalized spacial score (nSPS) is 21.8. The third-order valence-corrected chi connectivity index (χ3v) is 3.76. The van der Waals surface area contributed by atoms with Gasteiger partial charge in [-0.2, -0.15) is 0 Å². The summed E-state index contributed by atoms with van der Waals surface area (Å²) in [5.41, 5.74) is 0.164. The SMILES string of the molecule is Cc1ccc(OCC(=O)NCC2(O)CCOC2)c(Br)c1. The number of benzene rings is 1. The molecule has 0 spiro atoms. The zero-order chi connectivity index (χ0) is 14.6. The van der Waals surface area contributed by atoms with Crippen molar-refractivity contribution in [1.82, 2.24) is 5.32 Å². The molecule has 0 radical (unpaired) electrons. The average molecular weight is 344 g/mol. The molecule has 1 aliphatic heterocycles. The van der Waals surface area contributed by atoms with Gasteiger partial charge in [0.2, 0.25) is 0 Å². The Bertz CT molecular complexity index is 486. The minimum atomic E-state index is -0.944. The summed E-state index contributed by atoms with van der Waals surface area (Å²) < 4.78 is 11.4. The van der Waals surface area contributed by atoms with Crippen LogP contribution in [-0.2, 0) is 9.53 Å². The van der Waals surface area contributed by atoms with Gasteiger partial charge < -0.3 is 19.9 Å². The molecule has 1 unspecified atom stereocenters. The highest BCUT2D eigenvalue weighted by molar-refractivity contribution is 9.10. The number of nitrogens with one attached hydrogen (secondary N) is 1. The third kappa shape index (κ3) is 4.19. The molecule has 1 heterocycles. The van der Waals surface area contributed by atoms with Gasteiger partial charge in [0.1, 0.15) is 11.4 Å². The van der Waals surface area contributed by atoms with E-state index in [1.54, 1.807) is 0 Å². The van der Waals surface area contributed by atoms with E-state index in [4.69, 9.17) is 9.47 Å². The predicted octanol–water partition coefficient (Wildman–Crippen LogP) is 1.40. The fraction of sp³-hybridized carbons (Fsp3) is 0.500. The fourth-order valence-electron chi connectivity index (χ4n) is 1.92. The summed E-state index contributed by atoms with van der Waals surface area (Å²) in [5, 5.41) is 12.7. The summed E-state index contributed by atoms with van der Waals surface area (Å²) in [4.78, 5) is 11.7. The maximum atomic E-state index is 11.7. The van der Waals surface area contributed by atoms with Crippen LogP contribution < -0.4 is 10.1 Å². The van der Waals surface area contributed by atoms with Crippen molar-refractivity contribution in [2.45, 2.75) is 18.9 Å². The van der Waals surface area contributed by atoms with Crippen molar-refractivity contribution >= 4 is 21.8 Å². The number of aliphatic hydroxyl groups is 1. The van der Waals surface area contributed by atoms with Crippen molar-refractivity contribution in [3.8, 4) is 5.75 Å². The number of ether oxygens (including phenoxy) is 2. The Morgan fingerprint density at radius 3 is 3.05 bits per heavy atom. The second kappa shape index (κ2) is 6.56. The molecule has 1 atom stereocenters. The lowest BCUT2D eigenvalue weighted by Crippen LogP contribution is -2.44. The van der Waals surface area contributed by atoms with Crippen LogP contribution in [0.4, 0.5) is 0 Å². The second-order valence-electron chi connectivity index (χ2n) is 5.03. The van der Waals surface area contributed by atoms with E-state index in [0.29, 0.717) is 18.8 Å². The molecular formula is C14H18BrNO4. The quantitative estimate of drug-likeness (QED) is 0.848. The first-order valence-electron chi connectivity index (χ1n) is 6.44. The summed E-state index contributed by atoms with van der Waals surface area (Å²) in [5.74, 6) is 0.353. The molecule has 1 fully saturated rings. The zero-order valence-electron chi connectivity index (χ0n) is 11.3. The Morgan fingerprint density at radius 1 is 1.60 bits per heavy atom. The van der Waals surface area contributed by atoms with Crippen LogP contribution in [0.25, 0.3) is 0 Å². The van der Waals surface area contributed by atoms with Crippen molar-refractivity contribution in [3.05, 3.63) is 28.2 Å². The van der Waals surface area contributed by atoms with Crippen LogP contribution in [-0.4, -0.2) is 43.0 Å². The molecular weight excluding hydrogens is 326 g/mol. The molecule has 0 aliphatic carbocycles. The number of halogens is 1. The van der Waals surface area contributed by atoms with Crippen LogP contribution >= 0.6 is 15.9 Å². The van der Waals surface area contributed by atoms with Gasteiger partial charge in [-0.3, -0.25) is 4.79 Å². The van der Waals surface area contributed by atoms with Gasteiger partial charge in [-0.25, -0.2) is 0 Å². The summed E-state index contributed by atoms with van der Waals surface area (Å²) >= 11 is 3.39. The standard InChI is InChI=1S/C14H18BrNO4/c1-10-2-3-12(11(15)6-10)20-7-13(17)16-8-14(18)4-5-19-9-14/h2-3,6,18H,4-5,7-9H2,1H3,(H,16,17). The first-order chi connectivity index (χ1) is 9.48. The summed E-state index contributed by atoms with van der Waals surface area (Å²) in [6, 6.07) is 5.65. The maximum Gasteiger partial charge on any atom is 0.258 e. The van der Waals surface area contributed by atoms with Gasteiger partial charge in [0, 0.05) is 19.6 Å². The predicted molar refractivity (Wildman–Crippen MR) is 77.8 cm³/mol. The summed E-state index contributed by atoms with van der Waals surface area (Å²) in [7, 11) is 0. The number of amides is 1. The maximum absolute atomic E-state index is 11.7. The van der Waals surface area contributed by atoms with Crippen LogP contribution in [0.5, 0.6) is 5.75 Å². The third-order valence-electron chi connectivity index (χ3n) is 3.14. The minimum absolute atomic E-state index is 0.0847. The number of hydrogen-bond acceptors (Lipinski definition) is 4. The van der Waals surface area contributed by atoms with Gasteiger partial charge in [-0.05, 0) is 40.5 Å².